The van der Waals surface area contributed by atoms with Crippen LogP contribution in [0.2, 0.25) is 0 Å². The summed E-state index contributed by atoms with van der Waals surface area (Å²) in [7, 11) is 0. The molecule has 0 fully saturated rings. The molecule has 0 aliphatic carbocycles. The van der Waals surface area contributed by atoms with Crippen LogP contribution in [0.5, 0.6) is 0 Å². The number of rotatable bonds is 6. The summed E-state index contributed by atoms with van der Waals surface area (Å²) in [5.74, 6) is -0.142. The molecule has 0 radical (unpaired) electrons. The van der Waals surface area contributed by atoms with Gasteiger partial charge in [-0.15, -0.1) is 0 Å². The summed E-state index contributed by atoms with van der Waals surface area (Å²) in [4.78, 5) is 23.1. The third kappa shape index (κ3) is 4.95. The van der Waals surface area contributed by atoms with E-state index in [9.17, 15) is 9.59 Å². The maximum absolute atomic E-state index is 11.6. The minimum atomic E-state index is -0.440. The van der Waals surface area contributed by atoms with Gasteiger partial charge in [0.05, 0.1) is 6.04 Å². The van der Waals surface area contributed by atoms with E-state index in [-0.39, 0.29) is 11.7 Å². The molecule has 3 nitrogen and oxygen atoms in total. The Balaban J connectivity index is 2.61. The molecular formula is C15H19NO2. The van der Waals surface area contributed by atoms with Gasteiger partial charge in [-0.25, -0.2) is 0 Å². The number of amides is 1. The molecule has 1 aromatic rings. The quantitative estimate of drug-likeness (QED) is 0.781. The van der Waals surface area contributed by atoms with E-state index in [0.717, 1.165) is 5.56 Å². The number of carbonyl (C=O) groups is 2. The van der Waals surface area contributed by atoms with E-state index in [1.807, 2.05) is 43.3 Å². The molecule has 0 saturated heterocycles. The molecule has 1 atom stereocenters. The summed E-state index contributed by atoms with van der Waals surface area (Å²) < 4.78 is 0. The average Bonchev–Trinajstić information content (AvgIpc) is 2.36. The fraction of sp³-hybridized carbons (Fsp3) is 0.333. The van der Waals surface area contributed by atoms with Crippen LogP contribution in [0.15, 0.2) is 42.5 Å². The van der Waals surface area contributed by atoms with E-state index in [2.05, 4.69) is 5.32 Å². The molecule has 0 saturated carbocycles. The first-order chi connectivity index (χ1) is 8.63. The summed E-state index contributed by atoms with van der Waals surface area (Å²) in [6.07, 6.45) is 4.45. The van der Waals surface area contributed by atoms with Crippen molar-refractivity contribution in [3.05, 3.63) is 48.0 Å². The van der Waals surface area contributed by atoms with E-state index in [1.54, 1.807) is 6.08 Å². The van der Waals surface area contributed by atoms with Crippen LogP contribution in [0, 0.1) is 0 Å². The van der Waals surface area contributed by atoms with Gasteiger partial charge in [-0.05, 0) is 25.8 Å². The average molecular weight is 245 g/mol. The van der Waals surface area contributed by atoms with Crippen LogP contribution < -0.4 is 5.32 Å². The van der Waals surface area contributed by atoms with E-state index in [0.29, 0.717) is 12.8 Å². The molecule has 96 valence electrons. The van der Waals surface area contributed by atoms with Gasteiger partial charge in [0.15, 0.2) is 5.78 Å². The normalized spacial score (nSPS) is 12.3. The second kappa shape index (κ2) is 7.43. The molecule has 0 aliphatic rings. The van der Waals surface area contributed by atoms with Gasteiger partial charge >= 0.3 is 0 Å². The van der Waals surface area contributed by atoms with Crippen molar-refractivity contribution < 1.29 is 9.59 Å². The molecule has 0 aliphatic heterocycles. The summed E-state index contributed by atoms with van der Waals surface area (Å²) in [6.45, 7) is 3.36. The van der Waals surface area contributed by atoms with E-state index >= 15 is 0 Å². The van der Waals surface area contributed by atoms with Gasteiger partial charge < -0.3 is 5.32 Å². The number of Topliss-reactive ketones (excluding diaryl/α,β-unsaturated/α-hetero) is 1. The zero-order valence-electron chi connectivity index (χ0n) is 10.8. The molecule has 0 spiro atoms. The van der Waals surface area contributed by atoms with Gasteiger partial charge in [0.2, 0.25) is 5.91 Å². The Morgan fingerprint density at radius 3 is 2.50 bits per heavy atom. The Morgan fingerprint density at radius 1 is 1.28 bits per heavy atom. The molecule has 1 rings (SSSR count). The lowest BCUT2D eigenvalue weighted by Gasteiger charge is -2.15. The maximum atomic E-state index is 11.6. The SMILES string of the molecule is CC=CCC(=O)NC(Cc1ccccc1)C(C)=O. The van der Waals surface area contributed by atoms with Crippen LogP contribution in [0.1, 0.15) is 25.8 Å². The first-order valence-electron chi connectivity index (χ1n) is 6.08. The summed E-state index contributed by atoms with van der Waals surface area (Å²) in [5.41, 5.74) is 1.05. The van der Waals surface area contributed by atoms with E-state index in [1.165, 1.54) is 6.92 Å². The Kier molecular flexibility index (Phi) is 5.85. The van der Waals surface area contributed by atoms with Gasteiger partial charge in [0.25, 0.3) is 0 Å². The fourth-order valence-corrected chi connectivity index (χ4v) is 1.62. The third-order valence-corrected chi connectivity index (χ3v) is 2.65. The highest BCUT2D eigenvalue weighted by molar-refractivity contribution is 5.88. The Morgan fingerprint density at radius 2 is 1.94 bits per heavy atom. The van der Waals surface area contributed by atoms with Gasteiger partial charge in [-0.1, -0.05) is 42.5 Å². The molecule has 0 bridgehead atoms. The van der Waals surface area contributed by atoms with Gasteiger partial charge in [0.1, 0.15) is 0 Å². The molecule has 1 aromatic carbocycles. The van der Waals surface area contributed by atoms with Crippen molar-refractivity contribution in [2.75, 3.05) is 0 Å². The number of benzene rings is 1. The predicted molar refractivity (Wildman–Crippen MR) is 72.2 cm³/mol. The number of nitrogens with one attached hydrogen (secondary N) is 1. The number of allylic oxidation sites excluding steroid dienone is 1. The van der Waals surface area contributed by atoms with Crippen LogP contribution in [0.25, 0.3) is 0 Å². The monoisotopic (exact) mass is 245 g/mol. The van der Waals surface area contributed by atoms with Crippen LogP contribution in [0.3, 0.4) is 0 Å². The van der Waals surface area contributed by atoms with Crippen molar-refractivity contribution in [2.45, 2.75) is 32.7 Å². The lowest BCUT2D eigenvalue weighted by molar-refractivity contribution is -0.126. The van der Waals surface area contributed by atoms with Crippen molar-refractivity contribution in [2.24, 2.45) is 0 Å². The first-order valence-corrected chi connectivity index (χ1v) is 6.08. The Hall–Kier alpha value is -1.90. The smallest absolute Gasteiger partial charge is 0.224 e. The largest absolute Gasteiger partial charge is 0.346 e. The van der Waals surface area contributed by atoms with Crippen molar-refractivity contribution in [3.8, 4) is 0 Å². The Labute approximate surface area is 108 Å². The highest BCUT2D eigenvalue weighted by Gasteiger charge is 2.16. The second-order valence-corrected chi connectivity index (χ2v) is 4.19. The molecule has 1 unspecified atom stereocenters. The van der Waals surface area contributed by atoms with Crippen molar-refractivity contribution >= 4 is 11.7 Å². The fourth-order valence-electron chi connectivity index (χ4n) is 1.62. The standard InChI is InChI=1S/C15H19NO2/c1-3-4-10-15(18)16-14(12(2)17)11-13-8-6-5-7-9-13/h3-9,14H,10-11H2,1-2H3,(H,16,18). The Bertz CT molecular complexity index is 423. The van der Waals surface area contributed by atoms with Crippen molar-refractivity contribution in [1.29, 1.82) is 0 Å². The summed E-state index contributed by atoms with van der Waals surface area (Å²) in [6, 6.07) is 9.24. The maximum Gasteiger partial charge on any atom is 0.224 e. The zero-order valence-corrected chi connectivity index (χ0v) is 10.8. The van der Waals surface area contributed by atoms with Crippen LogP contribution in [-0.2, 0) is 16.0 Å². The highest BCUT2D eigenvalue weighted by atomic mass is 16.2. The van der Waals surface area contributed by atoms with Gasteiger partial charge in [-0.2, -0.15) is 0 Å². The van der Waals surface area contributed by atoms with E-state index < -0.39 is 6.04 Å². The van der Waals surface area contributed by atoms with Crippen molar-refractivity contribution in [3.63, 3.8) is 0 Å². The molecule has 0 aromatic heterocycles. The third-order valence-electron chi connectivity index (χ3n) is 2.65. The molecule has 0 heterocycles. The second-order valence-electron chi connectivity index (χ2n) is 4.19. The molecular weight excluding hydrogens is 226 g/mol. The van der Waals surface area contributed by atoms with Crippen molar-refractivity contribution in [1.82, 2.24) is 5.32 Å². The van der Waals surface area contributed by atoms with Gasteiger partial charge in [0, 0.05) is 6.42 Å². The summed E-state index contributed by atoms with van der Waals surface area (Å²) in [5, 5.41) is 2.76. The lowest BCUT2D eigenvalue weighted by Crippen LogP contribution is -2.41. The number of hydrogen-bond donors (Lipinski definition) is 1. The number of ketones is 1. The molecule has 1 N–H and O–H groups in total. The molecule has 3 heteroatoms. The van der Waals surface area contributed by atoms with Crippen LogP contribution in [0.4, 0.5) is 0 Å². The highest BCUT2D eigenvalue weighted by Crippen LogP contribution is 2.04. The van der Waals surface area contributed by atoms with Crippen LogP contribution >= 0.6 is 0 Å². The van der Waals surface area contributed by atoms with Crippen LogP contribution in [-0.4, -0.2) is 17.7 Å². The minimum Gasteiger partial charge on any atom is -0.346 e. The molecule has 1 amide bonds. The zero-order chi connectivity index (χ0) is 13.4. The topological polar surface area (TPSA) is 46.2 Å². The van der Waals surface area contributed by atoms with Gasteiger partial charge in [-0.3, -0.25) is 9.59 Å². The van der Waals surface area contributed by atoms with E-state index in [4.69, 9.17) is 0 Å². The summed E-state index contributed by atoms with van der Waals surface area (Å²) >= 11 is 0. The minimum absolute atomic E-state index is 0.0207. The number of hydrogen-bond acceptors (Lipinski definition) is 2. The lowest BCUT2D eigenvalue weighted by atomic mass is 10.0. The first kappa shape index (κ1) is 14.2. The predicted octanol–water partition coefficient (Wildman–Crippen LogP) is 2.27. The number of carbonyl (C=O) groups excluding carboxylic acids is 2. The molecule has 18 heavy (non-hydrogen) atoms.